The van der Waals surface area contributed by atoms with Crippen LogP contribution in [-0.2, 0) is 16.0 Å². The summed E-state index contributed by atoms with van der Waals surface area (Å²) in [6.07, 6.45) is 1.19. The monoisotopic (exact) mass is 457 g/mol. The lowest BCUT2D eigenvalue weighted by molar-refractivity contribution is -0.121. The van der Waals surface area contributed by atoms with Crippen molar-refractivity contribution in [3.8, 4) is 5.95 Å². The lowest BCUT2D eigenvalue weighted by Crippen LogP contribution is -2.31. The largest absolute Gasteiger partial charge is 0.322 e. The Morgan fingerprint density at radius 1 is 1.09 bits per heavy atom. The summed E-state index contributed by atoms with van der Waals surface area (Å²) in [6.45, 7) is 3.43. The van der Waals surface area contributed by atoms with E-state index in [2.05, 4.69) is 15.1 Å². The van der Waals surface area contributed by atoms with Gasteiger partial charge in [-0.2, -0.15) is 4.68 Å². The number of Topliss-reactive ketones (excluding diaryl/α,β-unsaturated/α-hetero) is 1. The topological polar surface area (TPSA) is 121 Å². The Morgan fingerprint density at radius 2 is 1.82 bits per heavy atom. The summed E-state index contributed by atoms with van der Waals surface area (Å²) in [4.78, 5) is 60.0. The number of rotatable bonds is 6. The number of aromatic amines is 2. The summed E-state index contributed by atoms with van der Waals surface area (Å²) >= 11 is 0. The van der Waals surface area contributed by atoms with Crippen molar-refractivity contribution >= 4 is 34.3 Å². The molecule has 4 aromatic rings. The molecular formula is C25H23N5O4. The Kier molecular flexibility index (Phi) is 5.24. The quantitative estimate of drug-likeness (QED) is 0.340. The van der Waals surface area contributed by atoms with Crippen molar-refractivity contribution in [3.63, 3.8) is 0 Å². The molecule has 1 aliphatic rings. The number of anilines is 1. The van der Waals surface area contributed by atoms with Crippen molar-refractivity contribution in [2.75, 3.05) is 4.90 Å². The lowest BCUT2D eigenvalue weighted by Gasteiger charge is -2.15. The highest BCUT2D eigenvalue weighted by Crippen LogP contribution is 2.34. The SMILES string of the molecule is CCCc1[nH]n(-c2nc3ccccc3[nH]2)c(=O)c1[C@H]1CC(=O)N(c2ccc(C(C)=O)cc2)C1=O. The van der Waals surface area contributed by atoms with Gasteiger partial charge >= 0.3 is 0 Å². The lowest BCUT2D eigenvalue weighted by atomic mass is 9.96. The Balaban J connectivity index is 1.55. The minimum absolute atomic E-state index is 0.1000. The first-order chi connectivity index (χ1) is 16.4. The normalized spacial score (nSPS) is 16.1. The van der Waals surface area contributed by atoms with E-state index in [1.54, 1.807) is 24.3 Å². The Morgan fingerprint density at radius 3 is 2.50 bits per heavy atom. The minimum atomic E-state index is -0.893. The minimum Gasteiger partial charge on any atom is -0.322 e. The molecule has 1 atom stereocenters. The smallest absolute Gasteiger partial charge is 0.278 e. The number of ketones is 1. The van der Waals surface area contributed by atoms with Gasteiger partial charge in [-0.25, -0.2) is 4.98 Å². The van der Waals surface area contributed by atoms with Crippen LogP contribution in [0, 0.1) is 0 Å². The molecule has 2 aromatic carbocycles. The standard InChI is InChI=1S/C25H23N5O4/c1-3-6-20-22(24(34)30(28-20)25-26-18-7-4-5-8-19(18)27-25)17-13-21(32)29(23(17)33)16-11-9-15(10-12-16)14(2)31/h4-5,7-12,17,28H,3,6,13H2,1-2H3,(H,26,27)/t17-/m1/s1. The van der Waals surface area contributed by atoms with Gasteiger partial charge in [-0.15, -0.1) is 0 Å². The number of para-hydroxylation sites is 2. The van der Waals surface area contributed by atoms with E-state index in [4.69, 9.17) is 0 Å². The number of nitrogens with one attached hydrogen (secondary N) is 2. The summed E-state index contributed by atoms with van der Waals surface area (Å²) in [5.41, 5.74) is 2.88. The molecule has 0 saturated carbocycles. The van der Waals surface area contributed by atoms with Crippen molar-refractivity contribution in [2.24, 2.45) is 0 Å². The fourth-order valence-electron chi connectivity index (χ4n) is 4.46. The highest BCUT2D eigenvalue weighted by Gasteiger charge is 2.43. The maximum Gasteiger partial charge on any atom is 0.278 e. The van der Waals surface area contributed by atoms with E-state index in [0.29, 0.717) is 40.4 Å². The molecular weight excluding hydrogens is 434 g/mol. The molecule has 0 bridgehead atoms. The van der Waals surface area contributed by atoms with E-state index in [1.807, 2.05) is 31.2 Å². The van der Waals surface area contributed by atoms with E-state index in [-0.39, 0.29) is 18.1 Å². The summed E-state index contributed by atoms with van der Waals surface area (Å²) in [5.74, 6) is -1.51. The molecule has 172 valence electrons. The van der Waals surface area contributed by atoms with Crippen LogP contribution >= 0.6 is 0 Å². The van der Waals surface area contributed by atoms with Crippen molar-refractivity contribution in [1.29, 1.82) is 0 Å². The Hall–Kier alpha value is -4.27. The summed E-state index contributed by atoms with van der Waals surface area (Å²) in [5, 5.41) is 3.11. The third kappa shape index (κ3) is 3.45. The number of hydrogen-bond donors (Lipinski definition) is 2. The molecule has 1 fully saturated rings. The molecule has 1 aliphatic heterocycles. The highest BCUT2D eigenvalue weighted by atomic mass is 16.2. The third-order valence-electron chi connectivity index (χ3n) is 6.12. The third-order valence-corrected chi connectivity index (χ3v) is 6.12. The zero-order valence-electron chi connectivity index (χ0n) is 18.8. The van der Waals surface area contributed by atoms with Gasteiger partial charge in [0, 0.05) is 17.7 Å². The predicted octanol–water partition coefficient (Wildman–Crippen LogP) is 3.24. The first-order valence-electron chi connectivity index (χ1n) is 11.2. The van der Waals surface area contributed by atoms with Crippen LogP contribution < -0.4 is 10.5 Å². The van der Waals surface area contributed by atoms with Crippen molar-refractivity contribution in [3.05, 3.63) is 75.7 Å². The van der Waals surface area contributed by atoms with Crippen LogP contribution in [0.5, 0.6) is 0 Å². The number of hydrogen-bond acceptors (Lipinski definition) is 5. The van der Waals surface area contributed by atoms with E-state index in [0.717, 1.165) is 16.8 Å². The number of carbonyl (C=O) groups excluding carboxylic acids is 3. The first-order valence-corrected chi connectivity index (χ1v) is 11.2. The zero-order chi connectivity index (χ0) is 24.0. The van der Waals surface area contributed by atoms with Gasteiger partial charge in [-0.1, -0.05) is 25.5 Å². The number of benzene rings is 2. The number of H-pyrrole nitrogens is 2. The number of imidazole rings is 1. The van der Waals surface area contributed by atoms with Crippen LogP contribution in [0.1, 0.15) is 54.2 Å². The number of aromatic nitrogens is 4. The molecule has 0 aliphatic carbocycles. The maximum absolute atomic E-state index is 13.5. The number of nitrogens with zero attached hydrogens (tertiary/aromatic N) is 3. The maximum atomic E-state index is 13.5. The Bertz CT molecular complexity index is 1460. The van der Waals surface area contributed by atoms with Gasteiger partial charge in [-0.3, -0.25) is 29.2 Å². The molecule has 0 unspecified atom stereocenters. The molecule has 0 spiro atoms. The molecule has 2 amide bonds. The van der Waals surface area contributed by atoms with Crippen LogP contribution in [0.3, 0.4) is 0 Å². The van der Waals surface area contributed by atoms with Gasteiger partial charge in [-0.05, 0) is 49.7 Å². The summed E-state index contributed by atoms with van der Waals surface area (Å²) in [7, 11) is 0. The molecule has 2 aromatic heterocycles. The van der Waals surface area contributed by atoms with E-state index < -0.39 is 17.4 Å². The van der Waals surface area contributed by atoms with Crippen molar-refractivity contribution in [2.45, 2.75) is 39.0 Å². The van der Waals surface area contributed by atoms with Gasteiger partial charge in [0.2, 0.25) is 17.8 Å². The summed E-state index contributed by atoms with van der Waals surface area (Å²) < 4.78 is 1.31. The Labute approximate surface area is 194 Å². The summed E-state index contributed by atoms with van der Waals surface area (Å²) in [6, 6.07) is 13.7. The number of aryl methyl sites for hydroxylation is 1. The zero-order valence-corrected chi connectivity index (χ0v) is 18.8. The van der Waals surface area contributed by atoms with Crippen LogP contribution in [0.4, 0.5) is 5.69 Å². The van der Waals surface area contributed by atoms with Crippen molar-refractivity contribution < 1.29 is 14.4 Å². The second-order valence-corrected chi connectivity index (χ2v) is 8.40. The fraction of sp³-hybridized carbons (Fsp3) is 0.240. The molecule has 3 heterocycles. The predicted molar refractivity (Wildman–Crippen MR) is 126 cm³/mol. The van der Waals surface area contributed by atoms with Gasteiger partial charge in [0.05, 0.1) is 28.2 Å². The molecule has 5 rings (SSSR count). The van der Waals surface area contributed by atoms with Crippen molar-refractivity contribution in [1.82, 2.24) is 19.7 Å². The average molecular weight is 457 g/mol. The van der Waals surface area contributed by atoms with Crippen LogP contribution in [-0.4, -0.2) is 37.3 Å². The molecule has 34 heavy (non-hydrogen) atoms. The second kappa shape index (κ2) is 8.26. The van der Waals surface area contributed by atoms with Gasteiger partial charge < -0.3 is 4.98 Å². The van der Waals surface area contributed by atoms with Gasteiger partial charge in [0.25, 0.3) is 5.56 Å². The van der Waals surface area contributed by atoms with Crippen LogP contribution in [0.15, 0.2) is 53.3 Å². The molecule has 9 nitrogen and oxygen atoms in total. The second-order valence-electron chi connectivity index (χ2n) is 8.40. The van der Waals surface area contributed by atoms with Crippen LogP contribution in [0.25, 0.3) is 17.0 Å². The molecule has 9 heteroatoms. The van der Waals surface area contributed by atoms with E-state index in [1.165, 1.54) is 11.6 Å². The van der Waals surface area contributed by atoms with Gasteiger partial charge in [0.15, 0.2) is 5.78 Å². The number of imide groups is 1. The highest BCUT2D eigenvalue weighted by molar-refractivity contribution is 6.22. The fourth-order valence-corrected chi connectivity index (χ4v) is 4.46. The number of carbonyl (C=O) groups is 3. The first kappa shape index (κ1) is 21.6. The molecule has 1 saturated heterocycles. The van der Waals surface area contributed by atoms with Gasteiger partial charge in [0.1, 0.15) is 0 Å². The molecule has 2 N–H and O–H groups in total. The number of fused-ring (bicyclic) bond motifs is 1. The molecule has 0 radical (unpaired) electrons. The van der Waals surface area contributed by atoms with E-state index >= 15 is 0 Å². The average Bonchev–Trinajstić information content (AvgIpc) is 3.47. The number of amides is 2. The van der Waals surface area contributed by atoms with Crippen LogP contribution in [0.2, 0.25) is 0 Å². The van der Waals surface area contributed by atoms with E-state index in [9.17, 15) is 19.2 Å².